The van der Waals surface area contributed by atoms with Crippen LogP contribution in [0.1, 0.15) is 28.0 Å². The zero-order chi connectivity index (χ0) is 13.1. The fourth-order valence-corrected chi connectivity index (χ4v) is 2.57. The third kappa shape index (κ3) is 2.86. The van der Waals surface area contributed by atoms with E-state index in [0.29, 0.717) is 10.3 Å². The van der Waals surface area contributed by atoms with Crippen molar-refractivity contribution in [2.45, 2.75) is 20.3 Å². The van der Waals surface area contributed by atoms with Crippen LogP contribution in [0.15, 0.2) is 18.2 Å². The molecule has 0 saturated heterocycles. The smallest absolute Gasteiger partial charge is 0.276 e. The van der Waals surface area contributed by atoms with Crippen molar-refractivity contribution in [2.24, 2.45) is 0 Å². The summed E-state index contributed by atoms with van der Waals surface area (Å²) in [5, 5.41) is 3.62. The minimum absolute atomic E-state index is 0.286. The molecule has 2 rings (SSSR count). The Hall–Kier alpha value is -1.46. The van der Waals surface area contributed by atoms with Crippen LogP contribution in [0.5, 0.6) is 0 Å². The first-order chi connectivity index (χ1) is 8.60. The van der Waals surface area contributed by atoms with Crippen molar-refractivity contribution < 1.29 is 4.79 Å². The molecule has 0 unspecified atom stereocenters. The van der Waals surface area contributed by atoms with Crippen molar-refractivity contribution in [3.8, 4) is 0 Å². The molecule has 1 N–H and O–H groups in total. The van der Waals surface area contributed by atoms with Crippen molar-refractivity contribution in [1.29, 1.82) is 0 Å². The maximum absolute atomic E-state index is 11.9. The van der Waals surface area contributed by atoms with Gasteiger partial charge in [0.1, 0.15) is 10.8 Å². The van der Waals surface area contributed by atoms with E-state index >= 15 is 0 Å². The molecule has 0 atom stereocenters. The lowest BCUT2D eigenvalue weighted by molar-refractivity contribution is 0.102. The number of hydrogen-bond donors (Lipinski definition) is 1. The highest BCUT2D eigenvalue weighted by Gasteiger charge is 2.12. The van der Waals surface area contributed by atoms with Crippen LogP contribution in [0, 0.1) is 6.92 Å². The standard InChI is InChI=1S/C12H12ClN3OS/c1-3-8-7(2)18-12(15-8)16-11(17)9-5-4-6-10(13)14-9/h4-6H,3H2,1-2H3,(H,15,16,17). The predicted molar refractivity (Wildman–Crippen MR) is 73.4 cm³/mol. The van der Waals surface area contributed by atoms with Gasteiger partial charge in [-0.3, -0.25) is 10.1 Å². The van der Waals surface area contributed by atoms with Gasteiger partial charge >= 0.3 is 0 Å². The van der Waals surface area contributed by atoms with Crippen LogP contribution in [-0.2, 0) is 6.42 Å². The number of nitrogens with zero attached hydrogens (tertiary/aromatic N) is 2. The Morgan fingerprint density at radius 1 is 1.44 bits per heavy atom. The number of carbonyl (C=O) groups excluding carboxylic acids is 1. The van der Waals surface area contributed by atoms with E-state index in [1.807, 2.05) is 13.8 Å². The third-order valence-corrected chi connectivity index (χ3v) is 3.53. The Morgan fingerprint density at radius 2 is 2.22 bits per heavy atom. The Morgan fingerprint density at radius 3 is 2.83 bits per heavy atom. The van der Waals surface area contributed by atoms with E-state index in [1.54, 1.807) is 18.2 Å². The van der Waals surface area contributed by atoms with Gasteiger partial charge < -0.3 is 0 Å². The van der Waals surface area contributed by atoms with Gasteiger partial charge in [-0.2, -0.15) is 0 Å². The van der Waals surface area contributed by atoms with E-state index in [0.717, 1.165) is 17.0 Å². The Kier molecular flexibility index (Phi) is 3.93. The van der Waals surface area contributed by atoms with E-state index in [-0.39, 0.29) is 11.6 Å². The van der Waals surface area contributed by atoms with Crippen LogP contribution in [0.25, 0.3) is 0 Å². The molecular weight excluding hydrogens is 270 g/mol. The molecule has 0 radical (unpaired) electrons. The number of nitrogens with one attached hydrogen (secondary N) is 1. The number of hydrogen-bond acceptors (Lipinski definition) is 4. The monoisotopic (exact) mass is 281 g/mol. The molecule has 18 heavy (non-hydrogen) atoms. The fourth-order valence-electron chi connectivity index (χ4n) is 1.51. The highest BCUT2D eigenvalue weighted by atomic mass is 35.5. The fraction of sp³-hybridized carbons (Fsp3) is 0.250. The van der Waals surface area contributed by atoms with Crippen LogP contribution in [0.4, 0.5) is 5.13 Å². The topological polar surface area (TPSA) is 54.9 Å². The van der Waals surface area contributed by atoms with Crippen molar-refractivity contribution in [2.75, 3.05) is 5.32 Å². The van der Waals surface area contributed by atoms with Gasteiger partial charge in [0, 0.05) is 4.88 Å². The lowest BCUT2D eigenvalue weighted by atomic mass is 10.3. The summed E-state index contributed by atoms with van der Waals surface area (Å²) in [4.78, 5) is 21.3. The zero-order valence-electron chi connectivity index (χ0n) is 10.0. The van der Waals surface area contributed by atoms with Gasteiger partial charge in [0.15, 0.2) is 5.13 Å². The molecule has 1 amide bonds. The Labute approximate surface area is 114 Å². The number of pyridine rings is 1. The molecule has 0 spiro atoms. The molecule has 2 aromatic heterocycles. The summed E-state index contributed by atoms with van der Waals surface area (Å²) in [5.41, 5.74) is 1.29. The normalized spacial score (nSPS) is 10.4. The number of amides is 1. The lowest BCUT2D eigenvalue weighted by Crippen LogP contribution is -2.13. The maximum atomic E-state index is 11.9. The molecule has 0 bridgehead atoms. The maximum Gasteiger partial charge on any atom is 0.276 e. The number of aryl methyl sites for hydroxylation is 2. The quantitative estimate of drug-likeness (QED) is 0.878. The first-order valence-corrected chi connectivity index (χ1v) is 6.69. The summed E-state index contributed by atoms with van der Waals surface area (Å²) in [7, 11) is 0. The van der Waals surface area contributed by atoms with E-state index in [1.165, 1.54) is 11.3 Å². The summed E-state index contributed by atoms with van der Waals surface area (Å²) >= 11 is 7.20. The van der Waals surface area contributed by atoms with Crippen LogP contribution in [0.3, 0.4) is 0 Å². The summed E-state index contributed by atoms with van der Waals surface area (Å²) in [5.74, 6) is -0.297. The van der Waals surface area contributed by atoms with Gasteiger partial charge in [-0.25, -0.2) is 9.97 Å². The molecule has 0 aromatic carbocycles. The summed E-state index contributed by atoms with van der Waals surface area (Å²) in [6.07, 6.45) is 0.855. The Bertz CT molecular complexity index is 582. The molecule has 0 aliphatic carbocycles. The number of anilines is 1. The van der Waals surface area contributed by atoms with Crippen molar-refractivity contribution in [3.63, 3.8) is 0 Å². The molecule has 0 aliphatic heterocycles. The lowest BCUT2D eigenvalue weighted by Gasteiger charge is -2.00. The highest BCUT2D eigenvalue weighted by molar-refractivity contribution is 7.15. The molecule has 0 fully saturated rings. The van der Waals surface area contributed by atoms with Gasteiger partial charge in [-0.05, 0) is 25.5 Å². The van der Waals surface area contributed by atoms with Crippen molar-refractivity contribution in [3.05, 3.63) is 39.6 Å². The average Bonchev–Trinajstić information content (AvgIpc) is 2.69. The summed E-state index contributed by atoms with van der Waals surface area (Å²) < 4.78 is 0. The minimum atomic E-state index is -0.297. The first-order valence-electron chi connectivity index (χ1n) is 5.50. The molecule has 0 aliphatic rings. The molecule has 2 heterocycles. The van der Waals surface area contributed by atoms with E-state index in [2.05, 4.69) is 15.3 Å². The van der Waals surface area contributed by atoms with E-state index in [9.17, 15) is 4.79 Å². The van der Waals surface area contributed by atoms with Gasteiger partial charge in [0.25, 0.3) is 5.91 Å². The molecule has 2 aromatic rings. The van der Waals surface area contributed by atoms with Gasteiger partial charge in [0.05, 0.1) is 5.69 Å². The van der Waals surface area contributed by atoms with Crippen LogP contribution < -0.4 is 5.32 Å². The summed E-state index contributed by atoms with van der Waals surface area (Å²) in [6, 6.07) is 4.93. The Balaban J connectivity index is 2.16. The molecular formula is C12H12ClN3OS. The summed E-state index contributed by atoms with van der Waals surface area (Å²) in [6.45, 7) is 4.02. The van der Waals surface area contributed by atoms with Gasteiger partial charge in [0.2, 0.25) is 0 Å². The number of carbonyl (C=O) groups is 1. The third-order valence-electron chi connectivity index (χ3n) is 2.40. The van der Waals surface area contributed by atoms with E-state index < -0.39 is 0 Å². The second-order valence-corrected chi connectivity index (χ2v) is 5.27. The second kappa shape index (κ2) is 5.46. The van der Waals surface area contributed by atoms with Gasteiger partial charge in [-0.15, -0.1) is 11.3 Å². The minimum Gasteiger partial charge on any atom is -0.296 e. The van der Waals surface area contributed by atoms with Crippen molar-refractivity contribution >= 4 is 34.0 Å². The number of thiazole rings is 1. The highest BCUT2D eigenvalue weighted by Crippen LogP contribution is 2.22. The van der Waals surface area contributed by atoms with E-state index in [4.69, 9.17) is 11.6 Å². The van der Waals surface area contributed by atoms with Crippen molar-refractivity contribution in [1.82, 2.24) is 9.97 Å². The molecule has 0 saturated carbocycles. The van der Waals surface area contributed by atoms with Crippen LogP contribution in [0.2, 0.25) is 5.15 Å². The van der Waals surface area contributed by atoms with Crippen LogP contribution >= 0.6 is 22.9 Å². The zero-order valence-corrected chi connectivity index (χ0v) is 11.6. The van der Waals surface area contributed by atoms with Crippen LogP contribution in [-0.4, -0.2) is 15.9 Å². The average molecular weight is 282 g/mol. The first kappa shape index (κ1) is 13.0. The number of aromatic nitrogens is 2. The predicted octanol–water partition coefficient (Wildman–Crippen LogP) is 3.31. The molecule has 94 valence electrons. The van der Waals surface area contributed by atoms with Gasteiger partial charge in [-0.1, -0.05) is 24.6 Å². The number of rotatable bonds is 3. The largest absolute Gasteiger partial charge is 0.296 e. The molecule has 4 nitrogen and oxygen atoms in total. The molecule has 6 heteroatoms. The number of halogens is 1. The SMILES string of the molecule is CCc1nc(NC(=O)c2cccc(Cl)n2)sc1C. The second-order valence-electron chi connectivity index (χ2n) is 3.68.